The van der Waals surface area contributed by atoms with Gasteiger partial charge in [0, 0.05) is 26.1 Å². The molecule has 0 bridgehead atoms. The van der Waals surface area contributed by atoms with E-state index in [1.165, 1.54) is 12.8 Å². The van der Waals surface area contributed by atoms with E-state index in [9.17, 15) is 4.79 Å². The molecule has 21 heavy (non-hydrogen) atoms. The monoisotopic (exact) mass is 294 g/mol. The Labute approximate surface area is 129 Å². The van der Waals surface area contributed by atoms with Gasteiger partial charge in [-0.05, 0) is 53.1 Å². The number of hydrogen-bond donors (Lipinski definition) is 0. The van der Waals surface area contributed by atoms with E-state index in [-0.39, 0.29) is 6.09 Å². The lowest BCUT2D eigenvalue weighted by Crippen LogP contribution is -2.39. The van der Waals surface area contributed by atoms with Gasteiger partial charge in [-0.2, -0.15) is 0 Å². The van der Waals surface area contributed by atoms with Gasteiger partial charge in [-0.15, -0.1) is 12.3 Å². The van der Waals surface area contributed by atoms with E-state index in [0.29, 0.717) is 0 Å². The van der Waals surface area contributed by atoms with Crippen molar-refractivity contribution in [3.05, 3.63) is 0 Å². The van der Waals surface area contributed by atoms with Crippen molar-refractivity contribution >= 4 is 6.09 Å². The maximum Gasteiger partial charge on any atom is 0.410 e. The molecule has 0 unspecified atom stereocenters. The zero-order valence-corrected chi connectivity index (χ0v) is 13.9. The molecule has 0 aromatic carbocycles. The molecule has 120 valence electrons. The predicted molar refractivity (Wildman–Crippen MR) is 86.2 cm³/mol. The van der Waals surface area contributed by atoms with E-state index >= 15 is 0 Å². The number of unbranched alkanes of at least 4 members (excludes halogenated alkanes) is 3. The average molecular weight is 294 g/mol. The first-order chi connectivity index (χ1) is 9.92. The van der Waals surface area contributed by atoms with Gasteiger partial charge in [0.15, 0.2) is 0 Å². The van der Waals surface area contributed by atoms with Crippen molar-refractivity contribution in [3.63, 3.8) is 0 Å². The second kappa shape index (κ2) is 8.94. The Balaban J connectivity index is 2.27. The highest BCUT2D eigenvalue weighted by molar-refractivity contribution is 5.68. The van der Waals surface area contributed by atoms with Crippen LogP contribution in [0.4, 0.5) is 4.79 Å². The summed E-state index contributed by atoms with van der Waals surface area (Å²) < 4.78 is 5.44. The van der Waals surface area contributed by atoms with Crippen molar-refractivity contribution < 1.29 is 9.53 Å². The van der Waals surface area contributed by atoms with Gasteiger partial charge in [0.05, 0.1) is 0 Å². The van der Waals surface area contributed by atoms with Crippen molar-refractivity contribution in [3.8, 4) is 12.3 Å². The lowest BCUT2D eigenvalue weighted by Gasteiger charge is -2.26. The molecule has 1 rings (SSSR count). The number of amides is 1. The SMILES string of the molecule is C#CCCCCCN1CCCN(C(=O)OC(C)(C)C)CC1. The lowest BCUT2D eigenvalue weighted by molar-refractivity contribution is 0.0257. The summed E-state index contributed by atoms with van der Waals surface area (Å²) in [6.45, 7) is 10.4. The van der Waals surface area contributed by atoms with Gasteiger partial charge in [-0.1, -0.05) is 6.42 Å². The summed E-state index contributed by atoms with van der Waals surface area (Å²) in [4.78, 5) is 16.4. The quantitative estimate of drug-likeness (QED) is 0.577. The third-order valence-electron chi connectivity index (χ3n) is 3.54. The smallest absolute Gasteiger partial charge is 0.410 e. The van der Waals surface area contributed by atoms with Gasteiger partial charge in [-0.3, -0.25) is 0 Å². The zero-order valence-electron chi connectivity index (χ0n) is 13.9. The second-order valence-electron chi connectivity index (χ2n) is 6.68. The minimum atomic E-state index is -0.417. The van der Waals surface area contributed by atoms with Crippen molar-refractivity contribution in [1.82, 2.24) is 9.80 Å². The normalized spacial score (nSPS) is 17.1. The van der Waals surface area contributed by atoms with E-state index in [2.05, 4.69) is 10.8 Å². The molecular weight excluding hydrogens is 264 g/mol. The summed E-state index contributed by atoms with van der Waals surface area (Å²) >= 11 is 0. The fraction of sp³-hybridized carbons (Fsp3) is 0.824. The van der Waals surface area contributed by atoms with E-state index in [1.54, 1.807) is 0 Å². The third-order valence-corrected chi connectivity index (χ3v) is 3.54. The highest BCUT2D eigenvalue weighted by Crippen LogP contribution is 2.12. The van der Waals surface area contributed by atoms with Crippen LogP contribution in [0.5, 0.6) is 0 Å². The van der Waals surface area contributed by atoms with E-state index in [0.717, 1.165) is 52.0 Å². The molecule has 4 nitrogen and oxygen atoms in total. The number of carbonyl (C=O) groups is 1. The molecule has 0 aromatic heterocycles. The number of carbonyl (C=O) groups excluding carboxylic acids is 1. The molecule has 1 amide bonds. The minimum absolute atomic E-state index is 0.182. The van der Waals surface area contributed by atoms with E-state index in [1.807, 2.05) is 25.7 Å². The molecule has 0 spiro atoms. The molecule has 0 aromatic rings. The molecule has 0 aliphatic carbocycles. The number of ether oxygens (including phenoxy) is 1. The van der Waals surface area contributed by atoms with Crippen molar-refractivity contribution in [2.24, 2.45) is 0 Å². The Morgan fingerprint density at radius 3 is 2.57 bits per heavy atom. The molecule has 1 fully saturated rings. The molecule has 1 saturated heterocycles. The van der Waals surface area contributed by atoms with Gasteiger partial charge >= 0.3 is 6.09 Å². The Kier molecular flexibility index (Phi) is 7.60. The molecule has 1 aliphatic rings. The van der Waals surface area contributed by atoms with Crippen LogP contribution in [0.2, 0.25) is 0 Å². The molecule has 0 atom stereocenters. The number of rotatable bonds is 5. The largest absolute Gasteiger partial charge is 0.444 e. The summed E-state index contributed by atoms with van der Waals surface area (Å²) in [5, 5.41) is 0. The molecule has 0 N–H and O–H groups in total. The molecule has 0 radical (unpaired) electrons. The van der Waals surface area contributed by atoms with Crippen LogP contribution < -0.4 is 0 Å². The zero-order chi connectivity index (χ0) is 15.7. The van der Waals surface area contributed by atoms with Gasteiger partial charge in [0.25, 0.3) is 0 Å². The van der Waals surface area contributed by atoms with Crippen LogP contribution in [0.3, 0.4) is 0 Å². The fourth-order valence-electron chi connectivity index (χ4n) is 2.44. The third kappa shape index (κ3) is 7.96. The van der Waals surface area contributed by atoms with E-state index in [4.69, 9.17) is 11.2 Å². The maximum absolute atomic E-state index is 12.1. The van der Waals surface area contributed by atoms with Crippen LogP contribution in [-0.4, -0.2) is 54.2 Å². The van der Waals surface area contributed by atoms with Crippen LogP contribution in [-0.2, 0) is 4.74 Å². The van der Waals surface area contributed by atoms with Gasteiger partial charge in [0.1, 0.15) is 5.60 Å². The summed E-state index contributed by atoms with van der Waals surface area (Å²) in [6.07, 6.45) is 10.5. The average Bonchev–Trinajstić information content (AvgIpc) is 2.62. The van der Waals surface area contributed by atoms with Crippen molar-refractivity contribution in [2.45, 2.75) is 58.5 Å². The Hall–Kier alpha value is -1.21. The van der Waals surface area contributed by atoms with Crippen LogP contribution in [0, 0.1) is 12.3 Å². The Bertz CT molecular complexity index is 355. The topological polar surface area (TPSA) is 32.8 Å². The molecule has 4 heteroatoms. The minimum Gasteiger partial charge on any atom is -0.444 e. The van der Waals surface area contributed by atoms with Crippen LogP contribution in [0.25, 0.3) is 0 Å². The van der Waals surface area contributed by atoms with Crippen LogP contribution in [0.1, 0.15) is 52.9 Å². The molecule has 1 heterocycles. The van der Waals surface area contributed by atoms with E-state index < -0.39 is 5.60 Å². The summed E-state index contributed by atoms with van der Waals surface area (Å²) in [5.74, 6) is 2.68. The number of terminal acetylenes is 1. The molecular formula is C17H30N2O2. The van der Waals surface area contributed by atoms with Gasteiger partial charge in [-0.25, -0.2) is 4.79 Å². The van der Waals surface area contributed by atoms with Crippen molar-refractivity contribution in [1.29, 1.82) is 0 Å². The highest BCUT2D eigenvalue weighted by Gasteiger charge is 2.24. The number of nitrogens with zero attached hydrogens (tertiary/aromatic N) is 2. The first-order valence-electron chi connectivity index (χ1n) is 8.06. The molecule has 0 saturated carbocycles. The first-order valence-corrected chi connectivity index (χ1v) is 8.06. The Morgan fingerprint density at radius 2 is 1.90 bits per heavy atom. The maximum atomic E-state index is 12.1. The van der Waals surface area contributed by atoms with Crippen LogP contribution >= 0.6 is 0 Å². The molecule has 1 aliphatic heterocycles. The Morgan fingerprint density at radius 1 is 1.14 bits per heavy atom. The lowest BCUT2D eigenvalue weighted by atomic mass is 10.2. The standard InChI is InChI=1S/C17H30N2O2/c1-5-6-7-8-9-11-18-12-10-13-19(15-14-18)16(20)21-17(2,3)4/h1H,6-15H2,2-4H3. The second-order valence-corrected chi connectivity index (χ2v) is 6.68. The summed E-state index contributed by atoms with van der Waals surface area (Å²) in [7, 11) is 0. The number of hydrogen-bond acceptors (Lipinski definition) is 3. The van der Waals surface area contributed by atoms with Crippen LogP contribution in [0.15, 0.2) is 0 Å². The van der Waals surface area contributed by atoms with Gasteiger partial charge < -0.3 is 14.5 Å². The summed E-state index contributed by atoms with van der Waals surface area (Å²) in [6, 6.07) is 0. The predicted octanol–water partition coefficient (Wildman–Crippen LogP) is 3.12. The fourth-order valence-corrected chi connectivity index (χ4v) is 2.44. The highest BCUT2D eigenvalue weighted by atomic mass is 16.6. The summed E-state index contributed by atoms with van der Waals surface area (Å²) in [5.41, 5.74) is -0.417. The first kappa shape index (κ1) is 17.8. The van der Waals surface area contributed by atoms with Crippen molar-refractivity contribution in [2.75, 3.05) is 32.7 Å². The van der Waals surface area contributed by atoms with Gasteiger partial charge in [0.2, 0.25) is 0 Å².